The predicted octanol–water partition coefficient (Wildman–Crippen LogP) is 0.0596. The average Bonchev–Trinajstić information content (AvgIpc) is 2.88. The highest BCUT2D eigenvalue weighted by atomic mass is 32.2. The van der Waals surface area contributed by atoms with Crippen LogP contribution in [0.15, 0.2) is 16.3 Å². The zero-order valence-electron chi connectivity index (χ0n) is 10.7. The van der Waals surface area contributed by atoms with Crippen molar-refractivity contribution in [3.05, 3.63) is 17.0 Å². The molecule has 19 heavy (non-hydrogen) atoms. The van der Waals surface area contributed by atoms with E-state index in [1.165, 1.54) is 22.6 Å². The van der Waals surface area contributed by atoms with Gasteiger partial charge in [0.15, 0.2) is 0 Å². The van der Waals surface area contributed by atoms with Gasteiger partial charge in [-0.05, 0) is 12.1 Å². The van der Waals surface area contributed by atoms with Crippen LogP contribution in [0.3, 0.4) is 0 Å². The third-order valence-corrected chi connectivity index (χ3v) is 6.59. The Hall–Kier alpha value is -0.960. The maximum Gasteiger partial charge on any atom is 0.252 e. The molecule has 2 N–H and O–H groups in total. The molecule has 1 fully saturated rings. The van der Waals surface area contributed by atoms with Crippen molar-refractivity contribution >= 4 is 27.3 Å². The molecule has 0 saturated carbocycles. The molecule has 1 saturated heterocycles. The molecule has 1 aromatic rings. The molecular formula is C11H17N3O3S2. The molecule has 106 valence electrons. The number of amides is 1. The van der Waals surface area contributed by atoms with Crippen LogP contribution in [-0.4, -0.2) is 49.7 Å². The van der Waals surface area contributed by atoms with Crippen LogP contribution in [0.2, 0.25) is 0 Å². The summed E-state index contributed by atoms with van der Waals surface area (Å²) in [5, 5.41) is 0. The Morgan fingerprint density at radius 1 is 1.32 bits per heavy atom. The minimum atomic E-state index is -3.44. The number of rotatable bonds is 3. The normalized spacial score (nSPS) is 17.7. The lowest BCUT2D eigenvalue weighted by Gasteiger charge is -2.33. The van der Waals surface area contributed by atoms with Gasteiger partial charge in [-0.15, -0.1) is 11.3 Å². The summed E-state index contributed by atoms with van der Waals surface area (Å²) in [6.45, 7) is 3.43. The highest BCUT2D eigenvalue weighted by Crippen LogP contribution is 2.25. The Bertz CT molecular complexity index is 559. The van der Waals surface area contributed by atoms with Crippen LogP contribution in [0, 0.1) is 0 Å². The Labute approximate surface area is 116 Å². The first-order valence-corrected chi connectivity index (χ1v) is 8.25. The number of thiophene rings is 1. The monoisotopic (exact) mass is 303 g/mol. The Balaban J connectivity index is 2.11. The number of hydrogen-bond donors (Lipinski definition) is 1. The number of hydrogen-bond acceptors (Lipinski definition) is 5. The molecule has 0 aromatic carbocycles. The lowest BCUT2D eigenvalue weighted by molar-refractivity contribution is -0.129. The Kier molecular flexibility index (Phi) is 4.24. The lowest BCUT2D eigenvalue weighted by Crippen LogP contribution is -2.49. The van der Waals surface area contributed by atoms with Gasteiger partial charge in [0.25, 0.3) is 10.0 Å². The Morgan fingerprint density at radius 2 is 1.95 bits per heavy atom. The third-order valence-electron chi connectivity index (χ3n) is 3.12. The first-order valence-electron chi connectivity index (χ1n) is 5.99. The van der Waals surface area contributed by atoms with Gasteiger partial charge in [0, 0.05) is 44.5 Å². The topological polar surface area (TPSA) is 83.7 Å². The zero-order chi connectivity index (χ0) is 14.0. The number of nitrogens with zero attached hydrogens (tertiary/aromatic N) is 2. The predicted molar refractivity (Wildman–Crippen MR) is 73.2 cm³/mol. The molecule has 0 bridgehead atoms. The van der Waals surface area contributed by atoms with Crippen LogP contribution in [0.25, 0.3) is 0 Å². The van der Waals surface area contributed by atoms with Gasteiger partial charge in [-0.2, -0.15) is 4.31 Å². The maximum atomic E-state index is 12.4. The summed E-state index contributed by atoms with van der Waals surface area (Å²) < 4.78 is 26.5. The highest BCUT2D eigenvalue weighted by molar-refractivity contribution is 7.91. The van der Waals surface area contributed by atoms with Gasteiger partial charge in [-0.3, -0.25) is 4.79 Å². The second-order valence-corrected chi connectivity index (χ2v) is 7.67. The van der Waals surface area contributed by atoms with Crippen LogP contribution in [-0.2, 0) is 21.4 Å². The number of sulfonamides is 1. The van der Waals surface area contributed by atoms with E-state index < -0.39 is 10.0 Å². The van der Waals surface area contributed by atoms with E-state index >= 15 is 0 Å². The van der Waals surface area contributed by atoms with Crippen molar-refractivity contribution in [3.8, 4) is 0 Å². The first-order chi connectivity index (χ1) is 8.95. The van der Waals surface area contributed by atoms with Crippen molar-refractivity contribution in [1.82, 2.24) is 9.21 Å². The van der Waals surface area contributed by atoms with Crippen molar-refractivity contribution in [2.75, 3.05) is 26.2 Å². The van der Waals surface area contributed by atoms with E-state index in [9.17, 15) is 13.2 Å². The van der Waals surface area contributed by atoms with E-state index in [4.69, 9.17) is 5.73 Å². The van der Waals surface area contributed by atoms with Crippen LogP contribution < -0.4 is 5.73 Å². The summed E-state index contributed by atoms with van der Waals surface area (Å²) in [6, 6.07) is 3.34. The van der Waals surface area contributed by atoms with Crippen LogP contribution in [0.4, 0.5) is 0 Å². The summed E-state index contributed by atoms with van der Waals surface area (Å²) in [5.74, 6) is -0.0152. The zero-order valence-corrected chi connectivity index (χ0v) is 12.3. The minimum absolute atomic E-state index is 0.0152. The second-order valence-electron chi connectivity index (χ2n) is 4.34. The molecule has 0 unspecified atom stereocenters. The molecule has 2 rings (SSSR count). The molecule has 1 aromatic heterocycles. The molecule has 0 atom stereocenters. The molecular weight excluding hydrogens is 286 g/mol. The maximum absolute atomic E-state index is 12.4. The van der Waals surface area contributed by atoms with Gasteiger partial charge < -0.3 is 10.6 Å². The number of carbonyl (C=O) groups is 1. The van der Waals surface area contributed by atoms with Gasteiger partial charge in [-0.1, -0.05) is 0 Å². The number of piperazine rings is 1. The van der Waals surface area contributed by atoms with E-state index in [1.807, 2.05) is 0 Å². The molecule has 0 radical (unpaired) electrons. The largest absolute Gasteiger partial charge is 0.340 e. The van der Waals surface area contributed by atoms with E-state index in [0.717, 1.165) is 4.88 Å². The summed E-state index contributed by atoms with van der Waals surface area (Å²) in [5.41, 5.74) is 5.49. The van der Waals surface area contributed by atoms with Crippen LogP contribution in [0.5, 0.6) is 0 Å². The smallest absolute Gasteiger partial charge is 0.252 e. The molecule has 6 nitrogen and oxygen atoms in total. The summed E-state index contributed by atoms with van der Waals surface area (Å²) in [7, 11) is -3.44. The van der Waals surface area contributed by atoms with Gasteiger partial charge in [0.1, 0.15) is 4.21 Å². The molecule has 1 aliphatic heterocycles. The standard InChI is InChI=1S/C11H17N3O3S2/c1-9(15)13-4-6-14(7-5-13)19(16,17)11-3-2-10(8-12)18-11/h2-3H,4-8,12H2,1H3. The van der Waals surface area contributed by atoms with Crippen LogP contribution >= 0.6 is 11.3 Å². The van der Waals surface area contributed by atoms with Gasteiger partial charge in [0.2, 0.25) is 5.91 Å². The van der Waals surface area contributed by atoms with Crippen molar-refractivity contribution in [3.63, 3.8) is 0 Å². The van der Waals surface area contributed by atoms with Crippen molar-refractivity contribution in [2.45, 2.75) is 17.7 Å². The van der Waals surface area contributed by atoms with Crippen LogP contribution in [0.1, 0.15) is 11.8 Å². The van der Waals surface area contributed by atoms with Crippen molar-refractivity contribution < 1.29 is 13.2 Å². The van der Waals surface area contributed by atoms with Crippen molar-refractivity contribution in [1.29, 1.82) is 0 Å². The number of carbonyl (C=O) groups excluding carboxylic acids is 1. The van der Waals surface area contributed by atoms with Crippen molar-refractivity contribution in [2.24, 2.45) is 5.73 Å². The summed E-state index contributed by atoms with van der Waals surface area (Å²) >= 11 is 1.21. The van der Waals surface area contributed by atoms with Gasteiger partial charge in [-0.25, -0.2) is 8.42 Å². The second kappa shape index (κ2) is 5.58. The molecule has 0 spiro atoms. The lowest BCUT2D eigenvalue weighted by atomic mass is 10.3. The fourth-order valence-corrected chi connectivity index (χ4v) is 4.79. The van der Waals surface area contributed by atoms with Gasteiger partial charge in [0.05, 0.1) is 0 Å². The highest BCUT2D eigenvalue weighted by Gasteiger charge is 2.30. The van der Waals surface area contributed by atoms with E-state index in [1.54, 1.807) is 17.0 Å². The first kappa shape index (κ1) is 14.4. The fourth-order valence-electron chi connectivity index (χ4n) is 1.98. The molecule has 1 aliphatic rings. The third kappa shape index (κ3) is 2.97. The average molecular weight is 303 g/mol. The Morgan fingerprint density at radius 3 is 2.42 bits per heavy atom. The molecule has 0 aliphatic carbocycles. The van der Waals surface area contributed by atoms with E-state index in [2.05, 4.69) is 0 Å². The molecule has 2 heterocycles. The van der Waals surface area contributed by atoms with E-state index in [0.29, 0.717) is 36.9 Å². The number of nitrogens with two attached hydrogens (primary N) is 1. The summed E-state index contributed by atoms with van der Waals surface area (Å²) in [4.78, 5) is 13.7. The quantitative estimate of drug-likeness (QED) is 0.856. The van der Waals surface area contributed by atoms with Gasteiger partial charge >= 0.3 is 0 Å². The minimum Gasteiger partial charge on any atom is -0.340 e. The SMILES string of the molecule is CC(=O)N1CCN(S(=O)(=O)c2ccc(CN)s2)CC1. The summed E-state index contributed by atoms with van der Waals surface area (Å²) in [6.07, 6.45) is 0. The van der Waals surface area contributed by atoms with E-state index in [-0.39, 0.29) is 5.91 Å². The molecule has 8 heteroatoms. The molecule has 1 amide bonds. The fraction of sp³-hybridized carbons (Fsp3) is 0.545.